The Balaban J connectivity index is 1.85. The second-order valence-electron chi connectivity index (χ2n) is 6.41. The minimum Gasteiger partial charge on any atom is -0.366 e. The van der Waals surface area contributed by atoms with Gasteiger partial charge in [-0.1, -0.05) is 35.3 Å². The number of hydrogen-bond acceptors (Lipinski definition) is 5. The van der Waals surface area contributed by atoms with E-state index in [4.69, 9.17) is 28.9 Å². The highest BCUT2D eigenvalue weighted by Gasteiger charge is 2.22. The van der Waals surface area contributed by atoms with Crippen molar-refractivity contribution in [3.05, 3.63) is 82.2 Å². The molecule has 154 valence electrons. The monoisotopic (exact) mass is 452 g/mol. The Labute approximate surface area is 186 Å². The second-order valence-corrected chi connectivity index (χ2v) is 7.20. The predicted molar refractivity (Wildman–Crippen MR) is 118 cm³/mol. The summed E-state index contributed by atoms with van der Waals surface area (Å²) in [5, 5.41) is 9.29. The third-order valence-electron chi connectivity index (χ3n) is 4.49. The number of carbonyl (C=O) groups excluding carboxylic acids is 2. The normalized spacial score (nSPS) is 10.6. The van der Waals surface area contributed by atoms with Crippen LogP contribution < -0.4 is 11.1 Å². The predicted octanol–water partition coefficient (Wildman–Crippen LogP) is 4.19. The van der Waals surface area contributed by atoms with Crippen molar-refractivity contribution in [3.63, 3.8) is 0 Å². The number of primary amides is 1. The van der Waals surface area contributed by atoms with Gasteiger partial charge >= 0.3 is 0 Å². The molecule has 0 aliphatic carbocycles. The number of rotatable bonds is 5. The lowest BCUT2D eigenvalue weighted by molar-refractivity contribution is 0.0995. The number of amides is 2. The molecule has 0 radical (unpaired) electrons. The Morgan fingerprint density at radius 2 is 1.81 bits per heavy atom. The van der Waals surface area contributed by atoms with Gasteiger partial charge in [-0.3, -0.25) is 19.9 Å². The summed E-state index contributed by atoms with van der Waals surface area (Å²) in [6.07, 6.45) is 2.90. The Morgan fingerprint density at radius 3 is 2.48 bits per heavy atom. The summed E-state index contributed by atoms with van der Waals surface area (Å²) >= 11 is 13.0. The molecule has 2 aromatic carbocycles. The van der Waals surface area contributed by atoms with E-state index in [1.807, 2.05) is 12.1 Å². The van der Waals surface area contributed by atoms with Gasteiger partial charge in [0.15, 0.2) is 0 Å². The molecule has 0 saturated heterocycles. The van der Waals surface area contributed by atoms with Crippen LogP contribution in [-0.2, 0) is 0 Å². The van der Waals surface area contributed by atoms with Crippen LogP contribution in [-0.4, -0.2) is 32.0 Å². The summed E-state index contributed by atoms with van der Waals surface area (Å²) in [4.78, 5) is 33.0. The standard InChI is InChI=1S/C21H14Cl2N6O2/c22-15-7-4-11(9-14(15)16-3-1-2-8-25-16)17-12(19(24)30)5-6-13(18(17)23)20(31)28-21-26-10-27-29-21/h1-10H,(H2,24,30)(H2,26,27,28,29,31). The minimum atomic E-state index is -0.687. The van der Waals surface area contributed by atoms with Crippen LogP contribution in [0.2, 0.25) is 10.0 Å². The lowest BCUT2D eigenvalue weighted by Crippen LogP contribution is -2.17. The van der Waals surface area contributed by atoms with Crippen molar-refractivity contribution < 1.29 is 9.59 Å². The number of nitrogens with one attached hydrogen (secondary N) is 2. The summed E-state index contributed by atoms with van der Waals surface area (Å²) in [5.74, 6) is -1.06. The number of hydrogen-bond donors (Lipinski definition) is 3. The van der Waals surface area contributed by atoms with Crippen LogP contribution in [0.1, 0.15) is 20.7 Å². The average molecular weight is 453 g/mol. The van der Waals surface area contributed by atoms with E-state index >= 15 is 0 Å². The topological polar surface area (TPSA) is 127 Å². The van der Waals surface area contributed by atoms with Crippen molar-refractivity contribution in [2.24, 2.45) is 5.73 Å². The molecule has 4 N–H and O–H groups in total. The molecule has 0 saturated carbocycles. The number of aromatic nitrogens is 4. The van der Waals surface area contributed by atoms with Gasteiger partial charge < -0.3 is 5.73 Å². The number of nitrogens with two attached hydrogens (primary N) is 1. The largest absolute Gasteiger partial charge is 0.366 e. The van der Waals surface area contributed by atoms with Crippen LogP contribution in [0.4, 0.5) is 5.95 Å². The fourth-order valence-electron chi connectivity index (χ4n) is 3.08. The highest BCUT2D eigenvalue weighted by Crippen LogP contribution is 2.38. The van der Waals surface area contributed by atoms with Crippen molar-refractivity contribution in [2.45, 2.75) is 0 Å². The number of anilines is 1. The third-order valence-corrected chi connectivity index (χ3v) is 5.22. The molecule has 2 heterocycles. The zero-order valence-electron chi connectivity index (χ0n) is 15.8. The first-order valence-corrected chi connectivity index (χ1v) is 9.71. The van der Waals surface area contributed by atoms with Crippen LogP contribution in [0, 0.1) is 0 Å². The quantitative estimate of drug-likeness (QED) is 0.418. The maximum absolute atomic E-state index is 12.7. The number of carbonyl (C=O) groups is 2. The number of nitrogens with zero attached hydrogens (tertiary/aromatic N) is 3. The molecule has 0 bridgehead atoms. The van der Waals surface area contributed by atoms with Crippen molar-refractivity contribution in [3.8, 4) is 22.4 Å². The van der Waals surface area contributed by atoms with E-state index in [0.717, 1.165) is 0 Å². The van der Waals surface area contributed by atoms with E-state index in [-0.39, 0.29) is 22.1 Å². The fourth-order valence-corrected chi connectivity index (χ4v) is 3.65. The molecule has 0 fully saturated rings. The lowest BCUT2D eigenvalue weighted by atomic mass is 9.94. The number of benzene rings is 2. The molecular formula is C21H14Cl2N6O2. The molecule has 0 aliphatic heterocycles. The third kappa shape index (κ3) is 4.11. The molecule has 2 amide bonds. The summed E-state index contributed by atoms with van der Waals surface area (Å²) in [5.41, 5.74) is 8.02. The van der Waals surface area contributed by atoms with Gasteiger partial charge in [-0.15, -0.1) is 0 Å². The molecule has 0 atom stereocenters. The van der Waals surface area contributed by atoms with Crippen LogP contribution in [0.3, 0.4) is 0 Å². The molecule has 4 rings (SSSR count). The summed E-state index contributed by atoms with van der Waals surface area (Å²) in [7, 11) is 0. The summed E-state index contributed by atoms with van der Waals surface area (Å²) in [6, 6.07) is 13.4. The summed E-state index contributed by atoms with van der Waals surface area (Å²) in [6.45, 7) is 0. The smallest absolute Gasteiger partial charge is 0.259 e. The van der Waals surface area contributed by atoms with Crippen molar-refractivity contribution >= 4 is 41.0 Å². The average Bonchev–Trinajstić information content (AvgIpc) is 3.27. The molecule has 4 aromatic rings. The van der Waals surface area contributed by atoms with Crippen molar-refractivity contribution in [1.82, 2.24) is 20.2 Å². The second kappa shape index (κ2) is 8.55. The van der Waals surface area contributed by atoms with Crippen LogP contribution >= 0.6 is 23.2 Å². The van der Waals surface area contributed by atoms with E-state index in [1.54, 1.807) is 30.5 Å². The highest BCUT2D eigenvalue weighted by molar-refractivity contribution is 6.38. The van der Waals surface area contributed by atoms with Gasteiger partial charge in [-0.05, 0) is 42.0 Å². The van der Waals surface area contributed by atoms with Gasteiger partial charge in [-0.25, -0.2) is 5.10 Å². The Hall–Kier alpha value is -3.75. The van der Waals surface area contributed by atoms with Crippen LogP contribution in [0.15, 0.2) is 61.1 Å². The maximum Gasteiger partial charge on any atom is 0.259 e. The van der Waals surface area contributed by atoms with E-state index in [0.29, 0.717) is 27.4 Å². The number of H-pyrrole nitrogens is 1. The van der Waals surface area contributed by atoms with Gasteiger partial charge in [-0.2, -0.15) is 10.1 Å². The van der Waals surface area contributed by atoms with E-state index < -0.39 is 11.8 Å². The van der Waals surface area contributed by atoms with Crippen molar-refractivity contribution in [1.29, 1.82) is 0 Å². The first-order chi connectivity index (χ1) is 15.0. The maximum atomic E-state index is 12.7. The Kier molecular flexibility index (Phi) is 5.66. The van der Waals surface area contributed by atoms with Gasteiger partial charge in [0.1, 0.15) is 6.33 Å². The number of pyridine rings is 1. The van der Waals surface area contributed by atoms with Crippen molar-refractivity contribution in [2.75, 3.05) is 5.32 Å². The number of aromatic amines is 1. The van der Waals surface area contributed by atoms with E-state index in [9.17, 15) is 9.59 Å². The molecule has 0 aliphatic rings. The molecule has 31 heavy (non-hydrogen) atoms. The van der Waals surface area contributed by atoms with E-state index in [2.05, 4.69) is 25.5 Å². The van der Waals surface area contributed by atoms with E-state index in [1.165, 1.54) is 18.5 Å². The first kappa shape index (κ1) is 20.5. The lowest BCUT2D eigenvalue weighted by Gasteiger charge is -2.15. The first-order valence-electron chi connectivity index (χ1n) is 8.96. The fraction of sp³-hybridized carbons (Fsp3) is 0. The van der Waals surface area contributed by atoms with Gasteiger partial charge in [0.25, 0.3) is 5.91 Å². The van der Waals surface area contributed by atoms with Gasteiger partial charge in [0.05, 0.1) is 16.3 Å². The number of halogens is 2. The van der Waals surface area contributed by atoms with Gasteiger partial charge in [0.2, 0.25) is 11.9 Å². The molecule has 0 unspecified atom stereocenters. The highest BCUT2D eigenvalue weighted by atomic mass is 35.5. The van der Waals surface area contributed by atoms with Gasteiger partial charge in [0, 0.05) is 27.9 Å². The summed E-state index contributed by atoms with van der Waals surface area (Å²) < 4.78 is 0. The SMILES string of the molecule is NC(=O)c1ccc(C(=O)Nc2ncn[nH]2)c(Cl)c1-c1ccc(Cl)c(-c2ccccn2)c1. The zero-order valence-corrected chi connectivity index (χ0v) is 17.3. The molecule has 8 nitrogen and oxygen atoms in total. The molecule has 10 heteroatoms. The zero-order chi connectivity index (χ0) is 22.0. The Bertz CT molecular complexity index is 1280. The minimum absolute atomic E-state index is 0.0580. The Morgan fingerprint density at radius 1 is 1.00 bits per heavy atom. The molecular weight excluding hydrogens is 439 g/mol. The molecule has 2 aromatic heterocycles. The molecule has 0 spiro atoms. The van der Waals surface area contributed by atoms with Crippen LogP contribution in [0.5, 0.6) is 0 Å². The van der Waals surface area contributed by atoms with Crippen LogP contribution in [0.25, 0.3) is 22.4 Å².